The summed E-state index contributed by atoms with van der Waals surface area (Å²) >= 11 is 0. The molecule has 1 aromatic carbocycles. The van der Waals surface area contributed by atoms with Crippen LogP contribution in [0, 0.1) is 5.92 Å². The van der Waals surface area contributed by atoms with Gasteiger partial charge in [-0.15, -0.1) is 24.0 Å². The van der Waals surface area contributed by atoms with Crippen LogP contribution in [0.2, 0.25) is 0 Å². The zero-order valence-corrected chi connectivity index (χ0v) is 17.2. The van der Waals surface area contributed by atoms with E-state index < -0.39 is 0 Å². The first-order valence-electron chi connectivity index (χ1n) is 8.01. The molecule has 0 spiro atoms. The SMILES string of the molecule is CCOc1ccccc1CNC(=NC)NCCNC(=O)C(C)C.I. The number of rotatable bonds is 8. The Morgan fingerprint density at radius 1 is 1.17 bits per heavy atom. The van der Waals surface area contributed by atoms with E-state index in [1.807, 2.05) is 45.0 Å². The van der Waals surface area contributed by atoms with Gasteiger partial charge in [-0.1, -0.05) is 32.0 Å². The van der Waals surface area contributed by atoms with E-state index in [9.17, 15) is 4.79 Å². The van der Waals surface area contributed by atoms with Gasteiger partial charge in [0.25, 0.3) is 0 Å². The minimum absolute atomic E-state index is 0. The summed E-state index contributed by atoms with van der Waals surface area (Å²) in [6, 6.07) is 7.92. The van der Waals surface area contributed by atoms with Crippen LogP contribution in [-0.4, -0.2) is 38.6 Å². The van der Waals surface area contributed by atoms with E-state index in [0.29, 0.717) is 32.2 Å². The molecule has 0 aliphatic heterocycles. The highest BCUT2D eigenvalue weighted by Crippen LogP contribution is 2.17. The fourth-order valence-electron chi connectivity index (χ4n) is 1.92. The predicted molar refractivity (Wildman–Crippen MR) is 109 cm³/mol. The van der Waals surface area contributed by atoms with E-state index in [-0.39, 0.29) is 35.8 Å². The van der Waals surface area contributed by atoms with Gasteiger partial charge in [0.15, 0.2) is 5.96 Å². The monoisotopic (exact) mass is 448 g/mol. The Morgan fingerprint density at radius 3 is 2.46 bits per heavy atom. The Morgan fingerprint density at radius 2 is 1.83 bits per heavy atom. The van der Waals surface area contributed by atoms with E-state index in [2.05, 4.69) is 20.9 Å². The second kappa shape index (κ2) is 12.9. The van der Waals surface area contributed by atoms with Crippen LogP contribution >= 0.6 is 24.0 Å². The minimum Gasteiger partial charge on any atom is -0.494 e. The van der Waals surface area contributed by atoms with Crippen LogP contribution in [0.5, 0.6) is 5.75 Å². The molecule has 1 amide bonds. The van der Waals surface area contributed by atoms with Crippen LogP contribution in [0.1, 0.15) is 26.3 Å². The molecule has 0 unspecified atom stereocenters. The molecule has 1 rings (SSSR count). The number of nitrogens with one attached hydrogen (secondary N) is 3. The van der Waals surface area contributed by atoms with Crippen molar-refractivity contribution >= 4 is 35.8 Å². The Bertz CT molecular complexity index is 521. The molecule has 0 aliphatic rings. The smallest absolute Gasteiger partial charge is 0.222 e. The lowest BCUT2D eigenvalue weighted by atomic mass is 10.2. The number of halogens is 1. The van der Waals surface area contributed by atoms with Crippen LogP contribution in [0.3, 0.4) is 0 Å². The number of para-hydroxylation sites is 1. The summed E-state index contributed by atoms with van der Waals surface area (Å²) < 4.78 is 5.60. The van der Waals surface area contributed by atoms with Crippen molar-refractivity contribution in [1.29, 1.82) is 0 Å². The largest absolute Gasteiger partial charge is 0.494 e. The van der Waals surface area contributed by atoms with Crippen molar-refractivity contribution in [3.8, 4) is 5.75 Å². The molecule has 0 heterocycles. The number of benzene rings is 1. The number of aliphatic imine (C=N–C) groups is 1. The molecular formula is C17H29IN4O2. The first kappa shape index (κ1) is 22.5. The third-order valence-corrected chi connectivity index (χ3v) is 3.18. The van der Waals surface area contributed by atoms with Gasteiger partial charge in [-0.3, -0.25) is 9.79 Å². The molecule has 7 heteroatoms. The molecule has 0 atom stereocenters. The number of hydrogen-bond donors (Lipinski definition) is 3. The number of carbonyl (C=O) groups excluding carboxylic acids is 1. The van der Waals surface area contributed by atoms with Crippen LogP contribution in [-0.2, 0) is 11.3 Å². The summed E-state index contributed by atoms with van der Waals surface area (Å²) in [4.78, 5) is 15.6. The van der Waals surface area contributed by atoms with Gasteiger partial charge >= 0.3 is 0 Å². The van der Waals surface area contributed by atoms with Crippen LogP contribution in [0.15, 0.2) is 29.3 Å². The molecule has 0 saturated heterocycles. The van der Waals surface area contributed by atoms with Crippen molar-refractivity contribution in [2.45, 2.75) is 27.3 Å². The summed E-state index contributed by atoms with van der Waals surface area (Å²) in [6.07, 6.45) is 0. The number of ether oxygens (including phenoxy) is 1. The quantitative estimate of drug-likeness (QED) is 0.247. The molecule has 1 aromatic rings. The van der Waals surface area contributed by atoms with Gasteiger partial charge in [0.1, 0.15) is 5.75 Å². The predicted octanol–water partition coefficient (Wildman–Crippen LogP) is 2.14. The van der Waals surface area contributed by atoms with Gasteiger partial charge in [0.2, 0.25) is 5.91 Å². The van der Waals surface area contributed by atoms with E-state index in [1.54, 1.807) is 7.05 Å². The van der Waals surface area contributed by atoms with E-state index in [0.717, 1.165) is 11.3 Å². The average Bonchev–Trinajstić information content (AvgIpc) is 2.55. The van der Waals surface area contributed by atoms with Gasteiger partial charge in [-0.05, 0) is 13.0 Å². The highest BCUT2D eigenvalue weighted by Gasteiger charge is 2.06. The van der Waals surface area contributed by atoms with Crippen molar-refractivity contribution in [2.75, 3.05) is 26.7 Å². The molecule has 3 N–H and O–H groups in total. The molecule has 6 nitrogen and oxygen atoms in total. The van der Waals surface area contributed by atoms with Crippen LogP contribution in [0.4, 0.5) is 0 Å². The number of amides is 1. The van der Waals surface area contributed by atoms with Crippen molar-refractivity contribution < 1.29 is 9.53 Å². The average molecular weight is 448 g/mol. The molecule has 0 fully saturated rings. The molecule has 0 saturated carbocycles. The van der Waals surface area contributed by atoms with Gasteiger partial charge < -0.3 is 20.7 Å². The second-order valence-electron chi connectivity index (χ2n) is 5.34. The fourth-order valence-corrected chi connectivity index (χ4v) is 1.92. The first-order chi connectivity index (χ1) is 11.1. The minimum atomic E-state index is 0. The maximum Gasteiger partial charge on any atom is 0.222 e. The maximum absolute atomic E-state index is 11.5. The van der Waals surface area contributed by atoms with E-state index in [1.165, 1.54) is 0 Å². The summed E-state index contributed by atoms with van der Waals surface area (Å²) in [5.74, 6) is 1.63. The molecule has 0 radical (unpaired) electrons. The molecular weight excluding hydrogens is 419 g/mol. The van der Waals surface area contributed by atoms with E-state index in [4.69, 9.17) is 4.74 Å². The van der Waals surface area contributed by atoms with Gasteiger partial charge in [-0.25, -0.2) is 0 Å². The first-order valence-corrected chi connectivity index (χ1v) is 8.01. The highest BCUT2D eigenvalue weighted by atomic mass is 127. The molecule has 136 valence electrons. The zero-order chi connectivity index (χ0) is 17.1. The van der Waals surface area contributed by atoms with Crippen molar-refractivity contribution in [2.24, 2.45) is 10.9 Å². The molecule has 0 aliphatic carbocycles. The van der Waals surface area contributed by atoms with Crippen molar-refractivity contribution in [1.82, 2.24) is 16.0 Å². The third kappa shape index (κ3) is 8.37. The maximum atomic E-state index is 11.5. The van der Waals surface area contributed by atoms with Gasteiger partial charge in [-0.2, -0.15) is 0 Å². The number of hydrogen-bond acceptors (Lipinski definition) is 3. The van der Waals surface area contributed by atoms with Crippen LogP contribution in [0.25, 0.3) is 0 Å². The van der Waals surface area contributed by atoms with Crippen molar-refractivity contribution in [3.63, 3.8) is 0 Å². The summed E-state index contributed by atoms with van der Waals surface area (Å²) in [7, 11) is 1.72. The van der Waals surface area contributed by atoms with E-state index >= 15 is 0 Å². The lowest BCUT2D eigenvalue weighted by molar-refractivity contribution is -0.123. The Kier molecular flexibility index (Phi) is 12.0. The lowest BCUT2D eigenvalue weighted by Gasteiger charge is -2.15. The number of nitrogens with zero attached hydrogens (tertiary/aromatic N) is 1. The Hall–Kier alpha value is -1.51. The Balaban J connectivity index is 0.00000529. The molecule has 0 aromatic heterocycles. The summed E-state index contributed by atoms with van der Waals surface area (Å²) in [5.41, 5.74) is 1.07. The zero-order valence-electron chi connectivity index (χ0n) is 14.9. The number of guanidine groups is 1. The topological polar surface area (TPSA) is 74.8 Å². The van der Waals surface area contributed by atoms with Crippen molar-refractivity contribution in [3.05, 3.63) is 29.8 Å². The second-order valence-corrected chi connectivity index (χ2v) is 5.34. The number of carbonyl (C=O) groups is 1. The van der Waals surface area contributed by atoms with Gasteiger partial charge in [0.05, 0.1) is 6.61 Å². The molecule has 24 heavy (non-hydrogen) atoms. The summed E-state index contributed by atoms with van der Waals surface area (Å²) in [6.45, 7) is 8.15. The summed E-state index contributed by atoms with van der Waals surface area (Å²) in [5, 5.41) is 9.27. The third-order valence-electron chi connectivity index (χ3n) is 3.18. The highest BCUT2D eigenvalue weighted by molar-refractivity contribution is 14.0. The van der Waals surface area contributed by atoms with Gasteiger partial charge in [0, 0.05) is 38.2 Å². The Labute approximate surface area is 161 Å². The van der Waals surface area contributed by atoms with Crippen LogP contribution < -0.4 is 20.7 Å². The lowest BCUT2D eigenvalue weighted by Crippen LogP contribution is -2.41. The normalized spacial score (nSPS) is 10.8. The molecule has 0 bridgehead atoms. The fraction of sp³-hybridized carbons (Fsp3) is 0.529. The standard InChI is InChI=1S/C17H28N4O2.HI/c1-5-23-15-9-7-6-8-14(15)12-21-17(18-4)20-11-10-19-16(22)13(2)3;/h6-9,13H,5,10-12H2,1-4H3,(H,19,22)(H2,18,20,21);1H.